The van der Waals surface area contributed by atoms with E-state index in [0.29, 0.717) is 43.5 Å². The van der Waals surface area contributed by atoms with E-state index in [2.05, 4.69) is 20.8 Å². The van der Waals surface area contributed by atoms with Crippen LogP contribution in [-0.4, -0.2) is 31.3 Å². The van der Waals surface area contributed by atoms with Crippen LogP contribution in [0.5, 0.6) is 23.0 Å². The van der Waals surface area contributed by atoms with Crippen LogP contribution in [0.4, 0.5) is 0 Å². The molecular weight excluding hydrogens is 514 g/mol. The van der Waals surface area contributed by atoms with Crippen molar-refractivity contribution in [2.24, 2.45) is 0 Å². The Hall–Kier alpha value is -3.33. The first kappa shape index (κ1) is 22.2. The molecule has 8 heteroatoms. The van der Waals surface area contributed by atoms with Gasteiger partial charge in [-0.3, -0.25) is 9.69 Å². The van der Waals surface area contributed by atoms with Crippen LogP contribution in [0.1, 0.15) is 32.6 Å². The number of carbonyl (C=O) groups is 1. The molecule has 0 radical (unpaired) electrons. The molecule has 35 heavy (non-hydrogen) atoms. The van der Waals surface area contributed by atoms with Crippen LogP contribution >= 0.6 is 15.9 Å². The Balaban J connectivity index is 1.28. The zero-order valence-electron chi connectivity index (χ0n) is 19.0. The second-order valence-electron chi connectivity index (χ2n) is 8.56. The van der Waals surface area contributed by atoms with Gasteiger partial charge in [-0.25, -0.2) is 0 Å². The number of halogens is 1. The van der Waals surface area contributed by atoms with Gasteiger partial charge < -0.3 is 23.7 Å². The SMILES string of the molecule is COc1ccc(CN2COc3ccc4c(c3C2)O/C(=C\c2cc(Br)cc3c2OCOC3)C4=O)cc1. The van der Waals surface area contributed by atoms with Crippen LogP contribution in [0.25, 0.3) is 6.08 Å². The topological polar surface area (TPSA) is 66.5 Å². The molecule has 0 saturated carbocycles. The zero-order valence-corrected chi connectivity index (χ0v) is 20.6. The molecule has 3 heterocycles. The van der Waals surface area contributed by atoms with Gasteiger partial charge >= 0.3 is 0 Å². The highest BCUT2D eigenvalue weighted by Crippen LogP contribution is 2.43. The monoisotopic (exact) mass is 535 g/mol. The molecule has 178 valence electrons. The van der Waals surface area contributed by atoms with E-state index < -0.39 is 0 Å². The third kappa shape index (κ3) is 4.18. The van der Waals surface area contributed by atoms with Crippen molar-refractivity contribution in [1.29, 1.82) is 0 Å². The Morgan fingerprint density at radius 3 is 2.77 bits per heavy atom. The summed E-state index contributed by atoms with van der Waals surface area (Å²) in [6.07, 6.45) is 1.74. The molecule has 0 aromatic heterocycles. The van der Waals surface area contributed by atoms with Crippen molar-refractivity contribution < 1.29 is 28.5 Å². The standard InChI is InChI=1S/C27H22BrNO6/c1-31-20-4-2-16(3-5-20)11-29-12-22-23(33-14-29)7-6-21-25(30)24(35-27(21)22)10-17-8-19(28)9-18-13-32-15-34-26(17)18/h2-10H,11-15H2,1H3/b24-10-. The van der Waals surface area contributed by atoms with E-state index in [0.717, 1.165) is 38.2 Å². The van der Waals surface area contributed by atoms with Crippen LogP contribution in [0.15, 0.2) is 58.8 Å². The molecule has 0 aliphatic carbocycles. The smallest absolute Gasteiger partial charge is 0.231 e. The fourth-order valence-corrected chi connectivity index (χ4v) is 5.07. The number of Topliss-reactive ketones (excluding diaryl/α,β-unsaturated/α-hetero) is 1. The largest absolute Gasteiger partial charge is 0.497 e. The molecule has 3 aromatic carbocycles. The number of ketones is 1. The summed E-state index contributed by atoms with van der Waals surface area (Å²) in [7, 11) is 1.65. The second kappa shape index (κ2) is 9.03. The molecule has 0 bridgehead atoms. The van der Waals surface area contributed by atoms with Crippen LogP contribution in [-0.2, 0) is 24.4 Å². The number of hydrogen-bond acceptors (Lipinski definition) is 7. The van der Waals surface area contributed by atoms with Crippen molar-refractivity contribution in [2.75, 3.05) is 20.6 Å². The summed E-state index contributed by atoms with van der Waals surface area (Å²) in [4.78, 5) is 15.4. The van der Waals surface area contributed by atoms with E-state index >= 15 is 0 Å². The number of ether oxygens (including phenoxy) is 5. The molecule has 0 spiro atoms. The van der Waals surface area contributed by atoms with Crippen LogP contribution in [0, 0.1) is 0 Å². The Morgan fingerprint density at radius 2 is 1.94 bits per heavy atom. The van der Waals surface area contributed by atoms with Gasteiger partial charge in [0.25, 0.3) is 0 Å². The minimum absolute atomic E-state index is 0.157. The van der Waals surface area contributed by atoms with Crippen LogP contribution < -0.4 is 18.9 Å². The lowest BCUT2D eigenvalue weighted by Crippen LogP contribution is -2.31. The van der Waals surface area contributed by atoms with Gasteiger partial charge in [0.15, 0.2) is 12.6 Å². The van der Waals surface area contributed by atoms with Crippen molar-refractivity contribution in [1.82, 2.24) is 4.90 Å². The van der Waals surface area contributed by atoms with Gasteiger partial charge in [-0.15, -0.1) is 0 Å². The van der Waals surface area contributed by atoms with Crippen molar-refractivity contribution in [3.63, 3.8) is 0 Å². The summed E-state index contributed by atoms with van der Waals surface area (Å²) in [6.45, 7) is 2.40. The third-order valence-electron chi connectivity index (χ3n) is 6.24. The average molecular weight is 536 g/mol. The van der Waals surface area contributed by atoms with Crippen molar-refractivity contribution >= 4 is 27.8 Å². The molecule has 0 amide bonds. The van der Waals surface area contributed by atoms with Gasteiger partial charge in [0.1, 0.15) is 29.7 Å². The fraction of sp³-hybridized carbons (Fsp3) is 0.222. The molecule has 7 nitrogen and oxygen atoms in total. The quantitative estimate of drug-likeness (QED) is 0.420. The number of fused-ring (bicyclic) bond motifs is 4. The van der Waals surface area contributed by atoms with Crippen molar-refractivity contribution in [3.8, 4) is 23.0 Å². The molecular formula is C27H22BrNO6. The maximum absolute atomic E-state index is 13.2. The molecule has 0 saturated heterocycles. The number of allylic oxidation sites excluding steroid dienone is 1. The highest BCUT2D eigenvalue weighted by Gasteiger charge is 2.34. The molecule has 6 rings (SSSR count). The van der Waals surface area contributed by atoms with E-state index in [-0.39, 0.29) is 18.3 Å². The number of methoxy groups -OCH3 is 1. The third-order valence-corrected chi connectivity index (χ3v) is 6.70. The van der Waals surface area contributed by atoms with Gasteiger partial charge in [-0.2, -0.15) is 0 Å². The Kier molecular flexibility index (Phi) is 5.72. The number of hydrogen-bond donors (Lipinski definition) is 0. The second-order valence-corrected chi connectivity index (χ2v) is 9.48. The van der Waals surface area contributed by atoms with Crippen molar-refractivity contribution in [2.45, 2.75) is 19.7 Å². The van der Waals surface area contributed by atoms with Gasteiger partial charge in [0.05, 0.1) is 24.8 Å². The normalized spacial score (nSPS) is 17.7. The molecule has 0 atom stereocenters. The lowest BCUT2D eigenvalue weighted by atomic mass is 10.0. The lowest BCUT2D eigenvalue weighted by Gasteiger charge is -2.29. The Labute approximate surface area is 210 Å². The van der Waals surface area contributed by atoms with Crippen molar-refractivity contribution in [3.05, 3.63) is 86.6 Å². The maximum Gasteiger partial charge on any atom is 0.231 e. The average Bonchev–Trinajstić information content (AvgIpc) is 3.20. The minimum atomic E-state index is -0.157. The van der Waals surface area contributed by atoms with Gasteiger partial charge in [0, 0.05) is 28.7 Å². The first-order valence-corrected chi connectivity index (χ1v) is 12.0. The summed E-state index contributed by atoms with van der Waals surface area (Å²) in [6, 6.07) is 15.5. The summed E-state index contributed by atoms with van der Waals surface area (Å²) in [5.41, 5.74) is 4.24. The number of carbonyl (C=O) groups excluding carboxylic acids is 1. The summed E-state index contributed by atoms with van der Waals surface area (Å²) in [5, 5.41) is 0. The highest BCUT2D eigenvalue weighted by molar-refractivity contribution is 9.10. The molecule has 0 unspecified atom stereocenters. The van der Waals surface area contributed by atoms with E-state index in [1.54, 1.807) is 19.3 Å². The molecule has 0 N–H and O–H groups in total. The lowest BCUT2D eigenvalue weighted by molar-refractivity contribution is -0.0165. The van der Waals surface area contributed by atoms with Crippen LogP contribution in [0.2, 0.25) is 0 Å². The predicted molar refractivity (Wildman–Crippen MR) is 132 cm³/mol. The molecule has 3 aliphatic rings. The first-order chi connectivity index (χ1) is 17.1. The minimum Gasteiger partial charge on any atom is -0.497 e. The fourth-order valence-electron chi connectivity index (χ4n) is 4.55. The molecule has 0 fully saturated rings. The molecule has 3 aromatic rings. The Bertz CT molecular complexity index is 1350. The van der Waals surface area contributed by atoms with Crippen LogP contribution in [0.3, 0.4) is 0 Å². The number of rotatable bonds is 4. The highest BCUT2D eigenvalue weighted by atomic mass is 79.9. The number of benzene rings is 3. The van der Waals surface area contributed by atoms with Gasteiger partial charge in [-0.05, 0) is 48.0 Å². The van der Waals surface area contributed by atoms with E-state index in [4.69, 9.17) is 23.7 Å². The van der Waals surface area contributed by atoms with Gasteiger partial charge in [-0.1, -0.05) is 28.1 Å². The number of nitrogens with zero attached hydrogens (tertiary/aromatic N) is 1. The molecule has 3 aliphatic heterocycles. The zero-order chi connectivity index (χ0) is 23.9. The maximum atomic E-state index is 13.2. The summed E-state index contributed by atoms with van der Waals surface area (Å²) in [5.74, 6) is 2.93. The summed E-state index contributed by atoms with van der Waals surface area (Å²) < 4.78 is 29.4. The van der Waals surface area contributed by atoms with Gasteiger partial charge in [0.2, 0.25) is 5.78 Å². The summed E-state index contributed by atoms with van der Waals surface area (Å²) >= 11 is 3.53. The van der Waals surface area contributed by atoms with E-state index in [9.17, 15) is 4.79 Å². The predicted octanol–water partition coefficient (Wildman–Crippen LogP) is 5.29. The first-order valence-electron chi connectivity index (χ1n) is 11.2. The van der Waals surface area contributed by atoms with E-state index in [1.807, 2.05) is 42.5 Å². The van der Waals surface area contributed by atoms with E-state index in [1.165, 1.54) is 0 Å². The Morgan fingerprint density at radius 1 is 1.09 bits per heavy atom.